The number of ether oxygens (including phenoxy) is 1. The van der Waals surface area contributed by atoms with E-state index < -0.39 is 5.38 Å². The first-order valence-corrected chi connectivity index (χ1v) is 5.70. The van der Waals surface area contributed by atoms with Crippen LogP contribution in [0.25, 0.3) is 0 Å². The molecule has 0 saturated heterocycles. The molecule has 18 heavy (non-hydrogen) atoms. The van der Waals surface area contributed by atoms with Crippen LogP contribution in [0.5, 0.6) is 11.5 Å². The lowest BCUT2D eigenvalue weighted by atomic mass is 10.1. The first kappa shape index (κ1) is 12.4. The lowest BCUT2D eigenvalue weighted by Gasteiger charge is -2.07. The van der Waals surface area contributed by atoms with Gasteiger partial charge in [0.2, 0.25) is 0 Å². The van der Waals surface area contributed by atoms with Crippen molar-refractivity contribution in [3.8, 4) is 17.6 Å². The number of hydrogen-bond acceptors (Lipinski definition) is 2. The second kappa shape index (κ2) is 5.52. The van der Waals surface area contributed by atoms with Crippen molar-refractivity contribution in [1.29, 1.82) is 5.26 Å². The van der Waals surface area contributed by atoms with Gasteiger partial charge in [0.15, 0.2) is 0 Å². The number of nitrogens with zero attached hydrogens (tertiary/aromatic N) is 1. The average molecular weight is 262 g/mol. The summed E-state index contributed by atoms with van der Waals surface area (Å²) in [6.45, 7) is 0. The summed E-state index contributed by atoms with van der Waals surface area (Å²) in [6, 6.07) is 14.6. The topological polar surface area (TPSA) is 33.0 Å². The van der Waals surface area contributed by atoms with Crippen LogP contribution in [-0.4, -0.2) is 0 Å². The van der Waals surface area contributed by atoms with Crippen molar-refractivity contribution in [2.24, 2.45) is 0 Å². The molecule has 0 heterocycles. The molecule has 0 aliphatic heterocycles. The van der Waals surface area contributed by atoms with Crippen LogP contribution in [0.1, 0.15) is 10.9 Å². The Labute approximate surface area is 109 Å². The number of hydrogen-bond donors (Lipinski definition) is 0. The number of alkyl halides is 1. The molecule has 0 N–H and O–H groups in total. The minimum Gasteiger partial charge on any atom is -0.457 e. The van der Waals surface area contributed by atoms with Crippen LogP contribution in [0.3, 0.4) is 0 Å². The molecule has 0 radical (unpaired) electrons. The molecule has 1 unspecified atom stereocenters. The van der Waals surface area contributed by atoms with Gasteiger partial charge in [0.25, 0.3) is 0 Å². The van der Waals surface area contributed by atoms with E-state index in [1.807, 2.05) is 6.07 Å². The Bertz CT molecular complexity index is 577. The van der Waals surface area contributed by atoms with E-state index in [1.165, 1.54) is 24.3 Å². The van der Waals surface area contributed by atoms with Gasteiger partial charge in [0, 0.05) is 0 Å². The molecule has 4 heteroatoms. The smallest absolute Gasteiger partial charge is 0.145 e. The average Bonchev–Trinajstić information content (AvgIpc) is 2.41. The summed E-state index contributed by atoms with van der Waals surface area (Å²) in [7, 11) is 0. The van der Waals surface area contributed by atoms with Gasteiger partial charge in [-0.1, -0.05) is 12.1 Å². The molecule has 1 atom stereocenters. The summed E-state index contributed by atoms with van der Waals surface area (Å²) in [6.07, 6.45) is 0. The largest absolute Gasteiger partial charge is 0.457 e. The first-order valence-electron chi connectivity index (χ1n) is 5.26. The van der Waals surface area contributed by atoms with Gasteiger partial charge in [0.05, 0.1) is 6.07 Å². The van der Waals surface area contributed by atoms with Crippen LogP contribution in [0.15, 0.2) is 48.5 Å². The Morgan fingerprint density at radius 3 is 2.50 bits per heavy atom. The van der Waals surface area contributed by atoms with Gasteiger partial charge >= 0.3 is 0 Å². The highest BCUT2D eigenvalue weighted by molar-refractivity contribution is 6.22. The zero-order chi connectivity index (χ0) is 13.0. The predicted octanol–water partition coefficient (Wildman–Crippen LogP) is 4.42. The molecule has 2 aromatic carbocycles. The molecule has 0 fully saturated rings. The summed E-state index contributed by atoms with van der Waals surface area (Å²) in [4.78, 5) is 0. The Kier molecular flexibility index (Phi) is 3.81. The van der Waals surface area contributed by atoms with E-state index in [0.717, 1.165) is 0 Å². The van der Waals surface area contributed by atoms with Crippen LogP contribution in [0.2, 0.25) is 0 Å². The van der Waals surface area contributed by atoms with Gasteiger partial charge in [-0.25, -0.2) is 4.39 Å². The summed E-state index contributed by atoms with van der Waals surface area (Å²) in [5.41, 5.74) is 0.666. The van der Waals surface area contributed by atoms with Crippen molar-refractivity contribution < 1.29 is 9.13 Å². The van der Waals surface area contributed by atoms with E-state index in [2.05, 4.69) is 0 Å². The summed E-state index contributed by atoms with van der Waals surface area (Å²) in [5.74, 6) is 0.762. The molecular formula is C14H9ClFNO. The van der Waals surface area contributed by atoms with E-state index in [9.17, 15) is 4.39 Å². The molecule has 2 aromatic rings. The lowest BCUT2D eigenvalue weighted by molar-refractivity contribution is 0.480. The number of nitriles is 1. The first-order chi connectivity index (χ1) is 8.69. The van der Waals surface area contributed by atoms with Crippen LogP contribution in [0.4, 0.5) is 4.39 Å². The summed E-state index contributed by atoms with van der Waals surface area (Å²) in [5, 5.41) is 8.03. The maximum Gasteiger partial charge on any atom is 0.145 e. The Morgan fingerprint density at radius 2 is 1.83 bits per heavy atom. The van der Waals surface area contributed by atoms with E-state index >= 15 is 0 Å². The molecule has 2 rings (SSSR count). The minimum atomic E-state index is -0.707. The summed E-state index contributed by atoms with van der Waals surface area (Å²) < 4.78 is 18.3. The van der Waals surface area contributed by atoms with E-state index in [1.54, 1.807) is 24.3 Å². The molecule has 0 amide bonds. The zero-order valence-electron chi connectivity index (χ0n) is 9.31. The van der Waals surface area contributed by atoms with Gasteiger partial charge in [-0.05, 0) is 42.0 Å². The molecule has 2 nitrogen and oxygen atoms in total. The molecule has 0 saturated carbocycles. The Hall–Kier alpha value is -2.05. The molecule has 0 aromatic heterocycles. The second-order valence-corrected chi connectivity index (χ2v) is 4.06. The van der Waals surface area contributed by atoms with Crippen LogP contribution >= 0.6 is 11.6 Å². The molecular weight excluding hydrogens is 253 g/mol. The normalized spacial score (nSPS) is 11.6. The number of benzene rings is 2. The van der Waals surface area contributed by atoms with Crippen molar-refractivity contribution >= 4 is 11.6 Å². The van der Waals surface area contributed by atoms with E-state index in [4.69, 9.17) is 21.6 Å². The highest BCUT2D eigenvalue weighted by Gasteiger charge is 2.07. The standard InChI is InChI=1S/C14H9ClFNO/c15-14(9-17)10-2-1-3-13(8-10)18-12-6-4-11(16)5-7-12/h1-8,14H. The lowest BCUT2D eigenvalue weighted by Crippen LogP contribution is -1.89. The third kappa shape index (κ3) is 2.99. The molecule has 0 aliphatic rings. The third-order valence-corrected chi connectivity index (χ3v) is 2.66. The summed E-state index contributed by atoms with van der Waals surface area (Å²) >= 11 is 5.82. The SMILES string of the molecule is N#CC(Cl)c1cccc(Oc2ccc(F)cc2)c1. The highest BCUT2D eigenvalue weighted by Crippen LogP contribution is 2.26. The van der Waals surface area contributed by atoms with Crippen LogP contribution < -0.4 is 4.74 Å². The quantitative estimate of drug-likeness (QED) is 0.766. The van der Waals surface area contributed by atoms with Crippen molar-refractivity contribution in [2.45, 2.75) is 5.38 Å². The van der Waals surface area contributed by atoms with Crippen molar-refractivity contribution in [2.75, 3.05) is 0 Å². The van der Waals surface area contributed by atoms with Gasteiger partial charge in [-0.15, -0.1) is 11.6 Å². The number of halogens is 2. The van der Waals surface area contributed by atoms with Gasteiger partial charge in [0.1, 0.15) is 22.7 Å². The number of rotatable bonds is 3. The third-order valence-electron chi connectivity index (χ3n) is 2.31. The van der Waals surface area contributed by atoms with E-state index in [0.29, 0.717) is 17.1 Å². The molecule has 0 spiro atoms. The Morgan fingerprint density at radius 1 is 1.11 bits per heavy atom. The van der Waals surface area contributed by atoms with Gasteiger partial charge < -0.3 is 4.74 Å². The minimum absolute atomic E-state index is 0.318. The van der Waals surface area contributed by atoms with Gasteiger partial charge in [-0.2, -0.15) is 5.26 Å². The van der Waals surface area contributed by atoms with Crippen molar-refractivity contribution in [1.82, 2.24) is 0 Å². The maximum absolute atomic E-state index is 12.7. The molecule has 0 aliphatic carbocycles. The van der Waals surface area contributed by atoms with Crippen LogP contribution in [-0.2, 0) is 0 Å². The van der Waals surface area contributed by atoms with Crippen molar-refractivity contribution in [3.05, 3.63) is 59.9 Å². The molecule has 0 bridgehead atoms. The molecule has 90 valence electrons. The van der Waals surface area contributed by atoms with Crippen molar-refractivity contribution in [3.63, 3.8) is 0 Å². The predicted molar refractivity (Wildman–Crippen MR) is 67.1 cm³/mol. The van der Waals surface area contributed by atoms with Crippen LogP contribution in [0, 0.1) is 17.1 Å². The second-order valence-electron chi connectivity index (χ2n) is 3.62. The fourth-order valence-corrected chi connectivity index (χ4v) is 1.58. The zero-order valence-corrected chi connectivity index (χ0v) is 10.1. The fraction of sp³-hybridized carbons (Fsp3) is 0.0714. The van der Waals surface area contributed by atoms with E-state index in [-0.39, 0.29) is 5.82 Å². The highest BCUT2D eigenvalue weighted by atomic mass is 35.5. The van der Waals surface area contributed by atoms with Gasteiger partial charge in [-0.3, -0.25) is 0 Å². The maximum atomic E-state index is 12.7. The fourth-order valence-electron chi connectivity index (χ4n) is 1.45. The monoisotopic (exact) mass is 261 g/mol. The Balaban J connectivity index is 2.19.